The summed E-state index contributed by atoms with van der Waals surface area (Å²) in [6.07, 6.45) is 3.06. The lowest BCUT2D eigenvalue weighted by Gasteiger charge is -2.35. The van der Waals surface area contributed by atoms with Crippen LogP contribution in [0.25, 0.3) is 0 Å². The Labute approximate surface area is 178 Å². The van der Waals surface area contributed by atoms with Crippen molar-refractivity contribution in [3.63, 3.8) is 0 Å². The molecule has 4 rings (SSSR count). The van der Waals surface area contributed by atoms with Crippen LogP contribution < -0.4 is 15.1 Å². The number of hydrogen-bond acceptors (Lipinski definition) is 9. The Bertz CT molecular complexity index is 1100. The van der Waals surface area contributed by atoms with Crippen molar-refractivity contribution < 1.29 is 9.72 Å². The first kappa shape index (κ1) is 20.2. The minimum absolute atomic E-state index is 0.0860. The molecule has 0 unspecified atom stereocenters. The van der Waals surface area contributed by atoms with Gasteiger partial charge in [-0.1, -0.05) is 18.2 Å². The van der Waals surface area contributed by atoms with Crippen LogP contribution in [0.3, 0.4) is 0 Å². The third kappa shape index (κ3) is 4.42. The van der Waals surface area contributed by atoms with Crippen LogP contribution in [0.15, 0.2) is 55.0 Å². The highest BCUT2D eigenvalue weighted by Gasteiger charge is 2.29. The van der Waals surface area contributed by atoms with Gasteiger partial charge in [-0.3, -0.25) is 14.9 Å². The molecule has 1 saturated heterocycles. The number of rotatable bonds is 6. The highest BCUT2D eigenvalue weighted by molar-refractivity contribution is 5.95. The van der Waals surface area contributed by atoms with Gasteiger partial charge in [0, 0.05) is 43.6 Å². The molecule has 0 spiro atoms. The standard InChI is InChI=1S/C21H21N7O3/c1-15(29)16-5-4-6-17(13-16)25-20-19(28(30)31)21(24-14-23-20)27-11-9-26(10-12-27)18-7-2-3-8-22-18/h2-8,13-14H,9-12H2,1H3,(H,23,24,25). The van der Waals surface area contributed by atoms with Crippen molar-refractivity contribution in [3.05, 3.63) is 70.7 Å². The topological polar surface area (TPSA) is 117 Å². The smallest absolute Gasteiger partial charge is 0.353 e. The first-order valence-electron chi connectivity index (χ1n) is 9.81. The van der Waals surface area contributed by atoms with Crippen LogP contribution in [0.5, 0.6) is 0 Å². The lowest BCUT2D eigenvalue weighted by molar-refractivity contribution is -0.383. The van der Waals surface area contributed by atoms with Crippen LogP contribution >= 0.6 is 0 Å². The Morgan fingerprint density at radius 2 is 1.81 bits per heavy atom. The molecule has 1 aliphatic heterocycles. The van der Waals surface area contributed by atoms with Gasteiger partial charge in [-0.05, 0) is 31.2 Å². The van der Waals surface area contributed by atoms with Crippen LogP contribution in [0.4, 0.5) is 28.8 Å². The van der Waals surface area contributed by atoms with E-state index in [9.17, 15) is 14.9 Å². The van der Waals surface area contributed by atoms with Crippen molar-refractivity contribution in [2.45, 2.75) is 6.92 Å². The molecule has 0 saturated carbocycles. The number of carbonyl (C=O) groups is 1. The average molecular weight is 419 g/mol. The van der Waals surface area contributed by atoms with Crippen molar-refractivity contribution in [1.82, 2.24) is 15.0 Å². The van der Waals surface area contributed by atoms with E-state index in [1.807, 2.05) is 23.1 Å². The molecule has 31 heavy (non-hydrogen) atoms. The van der Waals surface area contributed by atoms with E-state index >= 15 is 0 Å². The highest BCUT2D eigenvalue weighted by Crippen LogP contribution is 2.34. The molecular weight excluding hydrogens is 398 g/mol. The second-order valence-electron chi connectivity index (χ2n) is 7.08. The number of carbonyl (C=O) groups excluding carboxylic acids is 1. The minimum atomic E-state index is -0.475. The minimum Gasteiger partial charge on any atom is -0.353 e. The maximum absolute atomic E-state index is 11.9. The maximum Gasteiger partial charge on any atom is 0.353 e. The molecule has 1 N–H and O–H groups in total. The molecule has 10 heteroatoms. The summed E-state index contributed by atoms with van der Waals surface area (Å²) in [4.78, 5) is 39.8. The number of pyridine rings is 1. The molecule has 1 aromatic carbocycles. The van der Waals surface area contributed by atoms with E-state index in [2.05, 4.69) is 25.2 Å². The fourth-order valence-corrected chi connectivity index (χ4v) is 3.50. The number of ketones is 1. The van der Waals surface area contributed by atoms with Gasteiger partial charge >= 0.3 is 5.69 Å². The maximum atomic E-state index is 11.9. The summed E-state index contributed by atoms with van der Waals surface area (Å²) in [5, 5.41) is 14.9. The zero-order valence-corrected chi connectivity index (χ0v) is 16.9. The van der Waals surface area contributed by atoms with Crippen molar-refractivity contribution in [2.24, 2.45) is 0 Å². The predicted molar refractivity (Wildman–Crippen MR) is 117 cm³/mol. The second kappa shape index (κ2) is 8.74. The van der Waals surface area contributed by atoms with Gasteiger partial charge in [0.25, 0.3) is 0 Å². The fourth-order valence-electron chi connectivity index (χ4n) is 3.50. The first-order chi connectivity index (χ1) is 15.0. The molecule has 1 aliphatic rings. The van der Waals surface area contributed by atoms with Gasteiger partial charge in [-0.2, -0.15) is 0 Å². The molecule has 0 atom stereocenters. The van der Waals surface area contributed by atoms with Gasteiger partial charge in [0.2, 0.25) is 11.6 Å². The largest absolute Gasteiger partial charge is 0.353 e. The molecule has 3 heterocycles. The van der Waals surface area contributed by atoms with Crippen LogP contribution in [-0.4, -0.2) is 51.8 Å². The van der Waals surface area contributed by atoms with E-state index in [0.29, 0.717) is 37.4 Å². The van der Waals surface area contributed by atoms with Crippen LogP contribution in [0.2, 0.25) is 0 Å². The van der Waals surface area contributed by atoms with E-state index < -0.39 is 4.92 Å². The van der Waals surface area contributed by atoms with Gasteiger partial charge < -0.3 is 15.1 Å². The summed E-state index contributed by atoms with van der Waals surface area (Å²) in [7, 11) is 0. The zero-order chi connectivity index (χ0) is 21.8. The molecule has 1 fully saturated rings. The van der Waals surface area contributed by atoms with Crippen molar-refractivity contribution >= 4 is 34.6 Å². The van der Waals surface area contributed by atoms with Crippen molar-refractivity contribution in [3.8, 4) is 0 Å². The molecule has 158 valence electrons. The number of nitrogens with one attached hydrogen (secondary N) is 1. The highest BCUT2D eigenvalue weighted by atomic mass is 16.6. The number of hydrogen-bond donors (Lipinski definition) is 1. The van der Waals surface area contributed by atoms with E-state index in [0.717, 1.165) is 5.82 Å². The third-order valence-electron chi connectivity index (χ3n) is 5.07. The van der Waals surface area contributed by atoms with Crippen LogP contribution in [0.1, 0.15) is 17.3 Å². The molecule has 10 nitrogen and oxygen atoms in total. The summed E-state index contributed by atoms with van der Waals surface area (Å²) in [6.45, 7) is 3.93. The quantitative estimate of drug-likeness (QED) is 0.365. The van der Waals surface area contributed by atoms with E-state index in [1.165, 1.54) is 13.3 Å². The van der Waals surface area contributed by atoms with E-state index in [1.54, 1.807) is 30.5 Å². The average Bonchev–Trinajstić information content (AvgIpc) is 2.79. The lowest BCUT2D eigenvalue weighted by atomic mass is 10.1. The molecule has 3 aromatic rings. The monoisotopic (exact) mass is 419 g/mol. The molecule has 2 aromatic heterocycles. The van der Waals surface area contributed by atoms with Gasteiger partial charge in [-0.15, -0.1) is 0 Å². The Morgan fingerprint density at radius 1 is 1.03 bits per heavy atom. The second-order valence-corrected chi connectivity index (χ2v) is 7.08. The van der Waals surface area contributed by atoms with Gasteiger partial charge in [0.15, 0.2) is 5.78 Å². The summed E-state index contributed by atoms with van der Waals surface area (Å²) >= 11 is 0. The lowest BCUT2D eigenvalue weighted by Crippen LogP contribution is -2.47. The number of benzene rings is 1. The summed E-state index contributed by atoms with van der Waals surface area (Å²) in [5.74, 6) is 1.15. The molecule has 0 amide bonds. The van der Waals surface area contributed by atoms with Gasteiger partial charge in [-0.25, -0.2) is 15.0 Å². The van der Waals surface area contributed by atoms with Crippen LogP contribution in [0, 0.1) is 10.1 Å². The van der Waals surface area contributed by atoms with Crippen molar-refractivity contribution in [1.29, 1.82) is 0 Å². The molecule has 0 radical (unpaired) electrons. The van der Waals surface area contributed by atoms with E-state index in [4.69, 9.17) is 0 Å². The number of aromatic nitrogens is 3. The predicted octanol–water partition coefficient (Wildman–Crippen LogP) is 3.05. The first-order valence-corrected chi connectivity index (χ1v) is 9.81. The van der Waals surface area contributed by atoms with E-state index in [-0.39, 0.29) is 23.1 Å². The Hall–Kier alpha value is -4.08. The van der Waals surface area contributed by atoms with Crippen molar-refractivity contribution in [2.75, 3.05) is 41.3 Å². The SMILES string of the molecule is CC(=O)c1cccc(Nc2ncnc(N3CCN(c4ccccn4)CC3)c2[N+](=O)[O-])c1. The number of nitrogens with zero attached hydrogens (tertiary/aromatic N) is 6. The zero-order valence-electron chi connectivity index (χ0n) is 16.9. The normalized spacial score (nSPS) is 13.7. The van der Waals surface area contributed by atoms with Crippen LogP contribution in [-0.2, 0) is 0 Å². The third-order valence-corrected chi connectivity index (χ3v) is 5.07. The number of anilines is 4. The number of nitro groups is 1. The number of piperazine rings is 1. The number of Topliss-reactive ketones (excluding diaryl/α,β-unsaturated/α-hetero) is 1. The van der Waals surface area contributed by atoms with Gasteiger partial charge in [0.1, 0.15) is 12.1 Å². The molecular formula is C21H21N7O3. The fraction of sp³-hybridized carbons (Fsp3) is 0.238. The molecule has 0 bridgehead atoms. The Balaban J connectivity index is 1.57. The summed E-state index contributed by atoms with van der Waals surface area (Å²) < 4.78 is 0. The Morgan fingerprint density at radius 3 is 2.48 bits per heavy atom. The van der Waals surface area contributed by atoms with Gasteiger partial charge in [0.05, 0.1) is 4.92 Å². The molecule has 0 aliphatic carbocycles. The Kier molecular flexibility index (Phi) is 5.69. The summed E-state index contributed by atoms with van der Waals surface area (Å²) in [5.41, 5.74) is 0.856. The summed E-state index contributed by atoms with van der Waals surface area (Å²) in [6, 6.07) is 12.5.